The average molecular weight is 318 g/mol. The molecule has 23 heavy (non-hydrogen) atoms. The Balaban J connectivity index is 1.82. The van der Waals surface area contributed by atoms with Crippen LogP contribution in [0, 0.1) is 12.8 Å². The summed E-state index contributed by atoms with van der Waals surface area (Å²) in [4.78, 5) is 24.2. The number of piperidine rings is 1. The summed E-state index contributed by atoms with van der Waals surface area (Å²) in [6.07, 6.45) is 2.50. The number of Topliss-reactive ketones (excluding diaryl/α,β-unsaturated/α-hetero) is 1. The van der Waals surface area contributed by atoms with Crippen molar-refractivity contribution in [2.75, 3.05) is 13.1 Å². The molecule has 4 heteroatoms. The first-order valence-corrected chi connectivity index (χ1v) is 8.52. The average Bonchev–Trinajstić information content (AvgIpc) is 2.54. The number of carbonyl (C=O) groups excluding carboxylic acids is 2. The fraction of sp³-hybridized carbons (Fsp3) is 0.579. The zero-order valence-electron chi connectivity index (χ0n) is 14.4. The Morgan fingerprint density at radius 1 is 1.13 bits per heavy atom. The first-order valence-electron chi connectivity index (χ1n) is 8.52. The lowest BCUT2D eigenvalue weighted by Crippen LogP contribution is -2.86. The van der Waals surface area contributed by atoms with E-state index in [2.05, 4.69) is 5.32 Å². The third-order valence-corrected chi connectivity index (χ3v) is 4.73. The Kier molecular flexibility index (Phi) is 5.94. The minimum absolute atomic E-state index is 0.00739. The highest BCUT2D eigenvalue weighted by Crippen LogP contribution is 2.28. The molecule has 1 heterocycles. The normalized spacial score (nSPS) is 16.1. The van der Waals surface area contributed by atoms with Crippen LogP contribution in [0.1, 0.15) is 55.5 Å². The largest absolute Gasteiger partial charge is 0.459 e. The van der Waals surface area contributed by atoms with E-state index in [1.165, 1.54) is 0 Å². The van der Waals surface area contributed by atoms with Gasteiger partial charge >= 0.3 is 5.97 Å². The van der Waals surface area contributed by atoms with Gasteiger partial charge in [-0.1, -0.05) is 29.8 Å². The zero-order chi connectivity index (χ0) is 16.9. The van der Waals surface area contributed by atoms with Gasteiger partial charge < -0.3 is 10.1 Å². The van der Waals surface area contributed by atoms with Gasteiger partial charge in [-0.15, -0.1) is 0 Å². The van der Waals surface area contributed by atoms with Gasteiger partial charge in [-0.2, -0.15) is 0 Å². The van der Waals surface area contributed by atoms with E-state index in [1.54, 1.807) is 0 Å². The molecule has 0 amide bonds. The zero-order valence-corrected chi connectivity index (χ0v) is 14.4. The van der Waals surface area contributed by atoms with Crippen molar-refractivity contribution in [3.63, 3.8) is 0 Å². The van der Waals surface area contributed by atoms with Gasteiger partial charge in [-0.05, 0) is 20.8 Å². The van der Waals surface area contributed by atoms with E-state index in [1.807, 2.05) is 45.0 Å². The van der Waals surface area contributed by atoms with Crippen LogP contribution in [-0.4, -0.2) is 30.4 Å². The molecule has 1 aliphatic rings. The van der Waals surface area contributed by atoms with Gasteiger partial charge in [-0.25, -0.2) is 0 Å². The molecule has 1 aliphatic heterocycles. The summed E-state index contributed by atoms with van der Waals surface area (Å²) in [5, 5.41) is 2.30. The molecule has 0 bridgehead atoms. The number of aryl methyl sites for hydroxylation is 1. The fourth-order valence-electron chi connectivity index (χ4n) is 3.15. The van der Waals surface area contributed by atoms with Crippen LogP contribution >= 0.6 is 0 Å². The van der Waals surface area contributed by atoms with Crippen LogP contribution in [0.3, 0.4) is 0 Å². The summed E-state index contributed by atoms with van der Waals surface area (Å²) in [6, 6.07) is 7.44. The quantitative estimate of drug-likeness (QED) is 0.646. The minimum Gasteiger partial charge on any atom is -0.459 e. The maximum Gasteiger partial charge on any atom is 0.306 e. The predicted molar refractivity (Wildman–Crippen MR) is 89.3 cm³/mol. The van der Waals surface area contributed by atoms with Gasteiger partial charge in [0.1, 0.15) is 5.60 Å². The number of rotatable bonds is 6. The van der Waals surface area contributed by atoms with E-state index in [4.69, 9.17) is 4.74 Å². The molecule has 0 radical (unpaired) electrons. The minimum atomic E-state index is -0.446. The smallest absolute Gasteiger partial charge is 0.306 e. The van der Waals surface area contributed by atoms with Crippen molar-refractivity contribution in [3.05, 3.63) is 35.4 Å². The number of esters is 1. The molecule has 0 aliphatic carbocycles. The Hall–Kier alpha value is -1.68. The van der Waals surface area contributed by atoms with Crippen LogP contribution in [0.2, 0.25) is 0 Å². The highest BCUT2D eigenvalue weighted by Gasteiger charge is 2.35. The van der Waals surface area contributed by atoms with Gasteiger partial charge in [0.05, 0.1) is 19.5 Å². The topological polar surface area (TPSA) is 60.0 Å². The molecule has 0 saturated carbocycles. The monoisotopic (exact) mass is 318 g/mol. The SMILES string of the molecule is Cc1ccc(C(=O)CCC(=O)OC(C)(C)C2CC[NH2+]CC2)cc1. The molecule has 2 rings (SSSR count). The van der Waals surface area contributed by atoms with E-state index in [-0.39, 0.29) is 24.6 Å². The van der Waals surface area contributed by atoms with Crippen LogP contribution in [-0.2, 0) is 9.53 Å². The third kappa shape index (κ3) is 5.17. The van der Waals surface area contributed by atoms with Crippen LogP contribution in [0.4, 0.5) is 0 Å². The van der Waals surface area contributed by atoms with Crippen LogP contribution in [0.15, 0.2) is 24.3 Å². The first kappa shape index (κ1) is 17.7. The number of quaternary nitrogens is 1. The lowest BCUT2D eigenvalue weighted by molar-refractivity contribution is -0.665. The van der Waals surface area contributed by atoms with E-state index >= 15 is 0 Å². The van der Waals surface area contributed by atoms with Crippen molar-refractivity contribution in [2.24, 2.45) is 5.92 Å². The van der Waals surface area contributed by atoms with E-state index in [9.17, 15) is 9.59 Å². The Labute approximate surface area is 138 Å². The van der Waals surface area contributed by atoms with Gasteiger partial charge in [-0.3, -0.25) is 9.59 Å². The third-order valence-electron chi connectivity index (χ3n) is 4.73. The number of nitrogens with two attached hydrogens (primary N) is 1. The van der Waals surface area contributed by atoms with Gasteiger partial charge in [0.2, 0.25) is 0 Å². The second kappa shape index (κ2) is 7.73. The summed E-state index contributed by atoms with van der Waals surface area (Å²) in [5.74, 6) is 0.126. The highest BCUT2D eigenvalue weighted by molar-refractivity contribution is 5.97. The highest BCUT2D eigenvalue weighted by atomic mass is 16.6. The number of carbonyl (C=O) groups is 2. The molecule has 2 N–H and O–H groups in total. The molecule has 0 unspecified atom stereocenters. The van der Waals surface area contributed by atoms with Gasteiger partial charge in [0.25, 0.3) is 0 Å². The van der Waals surface area contributed by atoms with E-state index < -0.39 is 5.60 Å². The van der Waals surface area contributed by atoms with E-state index in [0.29, 0.717) is 11.5 Å². The maximum absolute atomic E-state index is 12.1. The standard InChI is InChI=1S/C19H27NO3/c1-14-4-6-15(7-5-14)17(21)8-9-18(22)23-19(2,3)16-10-12-20-13-11-16/h4-7,16,20H,8-13H2,1-3H3/p+1. The van der Waals surface area contributed by atoms with Crippen molar-refractivity contribution in [3.8, 4) is 0 Å². The molecule has 1 fully saturated rings. The fourth-order valence-corrected chi connectivity index (χ4v) is 3.15. The van der Waals surface area contributed by atoms with Crippen LogP contribution in [0.25, 0.3) is 0 Å². The second-order valence-electron chi connectivity index (χ2n) is 7.01. The van der Waals surface area contributed by atoms with Crippen molar-refractivity contribution >= 4 is 11.8 Å². The van der Waals surface area contributed by atoms with Gasteiger partial charge in [0, 0.05) is 30.7 Å². The summed E-state index contributed by atoms with van der Waals surface area (Å²) < 4.78 is 5.68. The number of hydrogen-bond donors (Lipinski definition) is 1. The molecule has 0 spiro atoms. The summed E-state index contributed by atoms with van der Waals surface area (Å²) in [6.45, 7) is 8.15. The molecular formula is C19H28NO3+. The Bertz CT molecular complexity index is 542. The molecule has 1 aromatic rings. The maximum atomic E-state index is 12.1. The van der Waals surface area contributed by atoms with Crippen molar-refractivity contribution in [2.45, 2.75) is 52.1 Å². The van der Waals surface area contributed by atoms with Crippen molar-refractivity contribution in [1.82, 2.24) is 0 Å². The lowest BCUT2D eigenvalue weighted by Gasteiger charge is -2.35. The number of hydrogen-bond acceptors (Lipinski definition) is 3. The summed E-state index contributed by atoms with van der Waals surface area (Å²) >= 11 is 0. The number of ketones is 1. The molecule has 1 aromatic carbocycles. The number of ether oxygens (including phenoxy) is 1. The van der Waals surface area contributed by atoms with Crippen molar-refractivity contribution < 1.29 is 19.6 Å². The Morgan fingerprint density at radius 3 is 2.35 bits per heavy atom. The molecule has 0 atom stereocenters. The molecule has 4 nitrogen and oxygen atoms in total. The second-order valence-corrected chi connectivity index (χ2v) is 7.01. The van der Waals surface area contributed by atoms with Crippen LogP contribution < -0.4 is 5.32 Å². The first-order chi connectivity index (χ1) is 10.9. The summed E-state index contributed by atoms with van der Waals surface area (Å²) in [5.41, 5.74) is 1.33. The van der Waals surface area contributed by atoms with Gasteiger partial charge in [0.15, 0.2) is 5.78 Å². The summed E-state index contributed by atoms with van der Waals surface area (Å²) in [7, 11) is 0. The molecular weight excluding hydrogens is 290 g/mol. The lowest BCUT2D eigenvalue weighted by atomic mass is 9.83. The molecule has 0 aromatic heterocycles. The Morgan fingerprint density at radius 2 is 1.74 bits per heavy atom. The predicted octanol–water partition coefficient (Wildman–Crippen LogP) is 2.25. The molecule has 1 saturated heterocycles. The molecule has 126 valence electrons. The van der Waals surface area contributed by atoms with Crippen LogP contribution in [0.5, 0.6) is 0 Å². The van der Waals surface area contributed by atoms with E-state index in [0.717, 1.165) is 31.5 Å². The number of benzene rings is 1. The van der Waals surface area contributed by atoms with Crippen molar-refractivity contribution in [1.29, 1.82) is 0 Å².